The van der Waals surface area contributed by atoms with Crippen LogP contribution in [0.1, 0.15) is 42.9 Å². The van der Waals surface area contributed by atoms with Gasteiger partial charge in [0.15, 0.2) is 0 Å². The zero-order valence-electron chi connectivity index (χ0n) is 10.9. The standard InChI is InChI=1S/C13H20N2O2/c1-6-10(14)11-7-9(8-15(11)5)12(16)17-13(2,3)4/h6-8,10H,1,14H2,2-5H3. The summed E-state index contributed by atoms with van der Waals surface area (Å²) in [5.74, 6) is -0.337. The topological polar surface area (TPSA) is 57.3 Å². The van der Waals surface area contributed by atoms with Crippen LogP contribution < -0.4 is 5.73 Å². The van der Waals surface area contributed by atoms with E-state index >= 15 is 0 Å². The highest BCUT2D eigenvalue weighted by Crippen LogP contribution is 2.18. The highest BCUT2D eigenvalue weighted by atomic mass is 16.6. The molecule has 4 nitrogen and oxygen atoms in total. The summed E-state index contributed by atoms with van der Waals surface area (Å²) in [5, 5.41) is 0. The van der Waals surface area contributed by atoms with E-state index in [1.54, 1.807) is 18.3 Å². The number of ether oxygens (including phenoxy) is 1. The SMILES string of the molecule is C=CC(N)c1cc(C(=O)OC(C)(C)C)cn1C. The Hall–Kier alpha value is -1.55. The molecule has 0 bridgehead atoms. The predicted octanol–water partition coefficient (Wildman–Crippen LogP) is 2.17. The van der Waals surface area contributed by atoms with Crippen LogP contribution in [0, 0.1) is 0 Å². The van der Waals surface area contributed by atoms with Crippen LogP contribution in [0.3, 0.4) is 0 Å². The average molecular weight is 236 g/mol. The zero-order valence-corrected chi connectivity index (χ0v) is 10.9. The molecule has 0 amide bonds. The Morgan fingerprint density at radius 1 is 1.59 bits per heavy atom. The maximum Gasteiger partial charge on any atom is 0.340 e. The summed E-state index contributed by atoms with van der Waals surface area (Å²) >= 11 is 0. The lowest BCUT2D eigenvalue weighted by Gasteiger charge is -2.18. The maximum atomic E-state index is 11.8. The molecule has 17 heavy (non-hydrogen) atoms. The Kier molecular flexibility index (Phi) is 3.78. The molecule has 0 saturated heterocycles. The quantitative estimate of drug-likeness (QED) is 0.646. The van der Waals surface area contributed by atoms with Crippen molar-refractivity contribution in [2.24, 2.45) is 12.8 Å². The van der Waals surface area contributed by atoms with E-state index < -0.39 is 5.60 Å². The molecule has 0 aliphatic heterocycles. The van der Waals surface area contributed by atoms with E-state index in [0.29, 0.717) is 5.56 Å². The summed E-state index contributed by atoms with van der Waals surface area (Å²) < 4.78 is 7.10. The summed E-state index contributed by atoms with van der Waals surface area (Å²) in [5.41, 5.74) is 6.70. The Balaban J connectivity index is 2.94. The number of hydrogen-bond acceptors (Lipinski definition) is 3. The van der Waals surface area contributed by atoms with E-state index in [-0.39, 0.29) is 12.0 Å². The van der Waals surface area contributed by atoms with Crippen molar-refractivity contribution in [2.45, 2.75) is 32.4 Å². The van der Waals surface area contributed by atoms with Gasteiger partial charge < -0.3 is 15.0 Å². The molecule has 94 valence electrons. The van der Waals surface area contributed by atoms with E-state index in [4.69, 9.17) is 10.5 Å². The first-order chi connectivity index (χ1) is 7.74. The van der Waals surface area contributed by atoms with E-state index in [1.165, 1.54) is 0 Å². The van der Waals surface area contributed by atoms with Crippen molar-refractivity contribution in [1.82, 2.24) is 4.57 Å². The van der Waals surface area contributed by atoms with Crippen LogP contribution in [0.15, 0.2) is 24.9 Å². The molecular formula is C13H20N2O2. The van der Waals surface area contributed by atoms with Crippen LogP contribution in [0.5, 0.6) is 0 Å². The first-order valence-electron chi connectivity index (χ1n) is 5.52. The van der Waals surface area contributed by atoms with Crippen LogP contribution in [0.4, 0.5) is 0 Å². The van der Waals surface area contributed by atoms with Crippen molar-refractivity contribution >= 4 is 5.97 Å². The van der Waals surface area contributed by atoms with Crippen molar-refractivity contribution in [1.29, 1.82) is 0 Å². The Bertz CT molecular complexity index is 427. The second-order valence-corrected chi connectivity index (χ2v) is 5.03. The second kappa shape index (κ2) is 4.75. The van der Waals surface area contributed by atoms with E-state index in [0.717, 1.165) is 5.69 Å². The van der Waals surface area contributed by atoms with Crippen molar-refractivity contribution < 1.29 is 9.53 Å². The molecule has 2 N–H and O–H groups in total. The van der Waals surface area contributed by atoms with Gasteiger partial charge in [0.25, 0.3) is 0 Å². The van der Waals surface area contributed by atoms with Crippen LogP contribution in [0.2, 0.25) is 0 Å². The minimum absolute atomic E-state index is 0.281. The number of aryl methyl sites for hydroxylation is 1. The Morgan fingerprint density at radius 2 is 2.18 bits per heavy atom. The fourth-order valence-corrected chi connectivity index (χ4v) is 1.48. The zero-order chi connectivity index (χ0) is 13.2. The lowest BCUT2D eigenvalue weighted by Crippen LogP contribution is -2.23. The summed E-state index contributed by atoms with van der Waals surface area (Å²) in [6.07, 6.45) is 3.35. The molecule has 1 unspecified atom stereocenters. The highest BCUT2D eigenvalue weighted by Gasteiger charge is 2.20. The summed E-state index contributed by atoms with van der Waals surface area (Å²) in [7, 11) is 1.84. The van der Waals surface area contributed by atoms with Crippen LogP contribution >= 0.6 is 0 Å². The Labute approximate surface area is 102 Å². The smallest absolute Gasteiger partial charge is 0.340 e. The maximum absolute atomic E-state index is 11.8. The molecule has 0 aromatic carbocycles. The van der Waals surface area contributed by atoms with Crippen LogP contribution in [-0.4, -0.2) is 16.1 Å². The molecule has 1 atom stereocenters. The van der Waals surface area contributed by atoms with Crippen LogP contribution in [-0.2, 0) is 11.8 Å². The van der Waals surface area contributed by atoms with Crippen LogP contribution in [0.25, 0.3) is 0 Å². The first kappa shape index (κ1) is 13.5. The average Bonchev–Trinajstić information content (AvgIpc) is 2.57. The molecule has 1 rings (SSSR count). The number of rotatable bonds is 3. The number of esters is 1. The second-order valence-electron chi connectivity index (χ2n) is 5.03. The van der Waals surface area contributed by atoms with Gasteiger partial charge in [-0.25, -0.2) is 4.79 Å². The third kappa shape index (κ3) is 3.46. The number of nitrogens with zero attached hydrogens (tertiary/aromatic N) is 1. The summed E-state index contributed by atoms with van der Waals surface area (Å²) in [4.78, 5) is 11.8. The van der Waals surface area contributed by atoms with Gasteiger partial charge in [0.1, 0.15) is 5.60 Å². The molecule has 1 aromatic heterocycles. The molecule has 4 heteroatoms. The number of carbonyl (C=O) groups is 1. The third-order valence-electron chi connectivity index (χ3n) is 2.27. The third-order valence-corrected chi connectivity index (χ3v) is 2.27. The monoisotopic (exact) mass is 236 g/mol. The van der Waals surface area contributed by atoms with Crippen molar-refractivity contribution in [2.75, 3.05) is 0 Å². The lowest BCUT2D eigenvalue weighted by atomic mass is 10.2. The van der Waals surface area contributed by atoms with E-state index in [9.17, 15) is 4.79 Å². The van der Waals surface area contributed by atoms with Gasteiger partial charge in [-0.05, 0) is 26.8 Å². The fourth-order valence-electron chi connectivity index (χ4n) is 1.48. The molecule has 0 spiro atoms. The van der Waals surface area contributed by atoms with Crippen molar-refractivity contribution in [3.63, 3.8) is 0 Å². The fraction of sp³-hybridized carbons (Fsp3) is 0.462. The van der Waals surface area contributed by atoms with Gasteiger partial charge in [-0.1, -0.05) is 6.08 Å². The van der Waals surface area contributed by atoms with Gasteiger partial charge in [-0.2, -0.15) is 0 Å². The normalized spacial score (nSPS) is 13.2. The molecule has 0 aliphatic rings. The van der Waals surface area contributed by atoms with Gasteiger partial charge in [-0.15, -0.1) is 6.58 Å². The van der Waals surface area contributed by atoms with E-state index in [2.05, 4.69) is 6.58 Å². The summed E-state index contributed by atoms with van der Waals surface area (Å²) in [6, 6.07) is 1.46. The van der Waals surface area contributed by atoms with Gasteiger partial charge in [0.05, 0.1) is 11.6 Å². The van der Waals surface area contributed by atoms with E-state index in [1.807, 2.05) is 32.4 Å². The van der Waals surface area contributed by atoms with Crippen molar-refractivity contribution in [3.8, 4) is 0 Å². The van der Waals surface area contributed by atoms with Gasteiger partial charge in [0, 0.05) is 18.9 Å². The van der Waals surface area contributed by atoms with Gasteiger partial charge >= 0.3 is 5.97 Å². The molecule has 1 aromatic rings. The molecule has 0 saturated carbocycles. The van der Waals surface area contributed by atoms with Gasteiger partial charge in [0.2, 0.25) is 0 Å². The number of hydrogen-bond donors (Lipinski definition) is 1. The number of carbonyl (C=O) groups excluding carboxylic acids is 1. The van der Waals surface area contributed by atoms with Gasteiger partial charge in [-0.3, -0.25) is 0 Å². The largest absolute Gasteiger partial charge is 0.456 e. The molecule has 0 aliphatic carbocycles. The molecule has 0 fully saturated rings. The minimum Gasteiger partial charge on any atom is -0.456 e. The number of nitrogens with two attached hydrogens (primary N) is 1. The molecular weight excluding hydrogens is 216 g/mol. The minimum atomic E-state index is -0.492. The lowest BCUT2D eigenvalue weighted by molar-refractivity contribution is 0.00695. The molecule has 1 heterocycles. The predicted molar refractivity (Wildman–Crippen MR) is 67.7 cm³/mol. The first-order valence-corrected chi connectivity index (χ1v) is 5.52. The summed E-state index contributed by atoms with van der Waals surface area (Å²) in [6.45, 7) is 9.15. The number of aromatic nitrogens is 1. The Morgan fingerprint density at radius 3 is 2.65 bits per heavy atom. The highest BCUT2D eigenvalue weighted by molar-refractivity contribution is 5.89. The van der Waals surface area contributed by atoms with Crippen molar-refractivity contribution in [3.05, 3.63) is 36.2 Å². The molecule has 0 radical (unpaired) electrons.